The average molecular weight is 400 g/mol. The van der Waals surface area contributed by atoms with Crippen LogP contribution in [0, 0.1) is 11.3 Å². The van der Waals surface area contributed by atoms with Crippen LogP contribution in [0.1, 0.15) is 20.8 Å². The van der Waals surface area contributed by atoms with Crippen LogP contribution in [0.25, 0.3) is 11.8 Å². The molecule has 0 saturated heterocycles. The van der Waals surface area contributed by atoms with Gasteiger partial charge in [-0.25, -0.2) is 4.79 Å². The number of rotatable bonds is 6. The summed E-state index contributed by atoms with van der Waals surface area (Å²) in [5.74, 6) is -0.911. The lowest BCUT2D eigenvalue weighted by atomic mass is 10.3. The number of carbonyl (C=O) groups is 2. The molecule has 0 fully saturated rings. The Labute approximate surface area is 165 Å². The Hall–Kier alpha value is -3.38. The molecule has 2 N–H and O–H groups in total. The number of nitrogens with one attached hydrogen (secondary N) is 2. The van der Waals surface area contributed by atoms with Gasteiger partial charge in [0.05, 0.1) is 6.61 Å². The van der Waals surface area contributed by atoms with Gasteiger partial charge >= 0.3 is 5.97 Å². The first-order valence-corrected chi connectivity index (χ1v) is 9.38. The summed E-state index contributed by atoms with van der Waals surface area (Å²) in [6, 6.07) is 8.79. The van der Waals surface area contributed by atoms with Crippen molar-refractivity contribution in [1.29, 1.82) is 5.26 Å². The predicted molar refractivity (Wildman–Crippen MR) is 108 cm³/mol. The monoisotopic (exact) mass is 400 g/mol. The summed E-state index contributed by atoms with van der Waals surface area (Å²) < 4.78 is 6.88. The first-order valence-electron chi connectivity index (χ1n) is 8.56. The number of carbonyl (C=O) groups excluding carboxylic acids is 2. The Morgan fingerprint density at radius 2 is 1.89 bits per heavy atom. The van der Waals surface area contributed by atoms with Crippen LogP contribution in [0.15, 0.2) is 29.1 Å². The molecule has 1 heterocycles. The number of hydrogen-bond donors (Lipinski definition) is 2. The molecule has 0 aliphatic rings. The van der Waals surface area contributed by atoms with Gasteiger partial charge < -0.3 is 15.4 Å². The summed E-state index contributed by atoms with van der Waals surface area (Å²) in [6.07, 6.45) is 1.52. The first-order chi connectivity index (χ1) is 13.4. The molecule has 0 radical (unpaired) electrons. The molecule has 2 rings (SSSR count). The number of nitrogens with zero attached hydrogens (tertiary/aromatic N) is 2. The second kappa shape index (κ2) is 9.53. The van der Waals surface area contributed by atoms with E-state index in [9.17, 15) is 19.6 Å². The van der Waals surface area contributed by atoms with Crippen molar-refractivity contribution < 1.29 is 14.3 Å². The van der Waals surface area contributed by atoms with Crippen molar-refractivity contribution in [3.8, 4) is 6.07 Å². The van der Waals surface area contributed by atoms with Gasteiger partial charge in [-0.15, -0.1) is 11.3 Å². The third-order valence-corrected chi connectivity index (χ3v) is 4.73. The molecule has 0 saturated carbocycles. The second-order valence-electron chi connectivity index (χ2n) is 5.58. The highest BCUT2D eigenvalue weighted by molar-refractivity contribution is 7.07. The lowest BCUT2D eigenvalue weighted by molar-refractivity contribution is -0.136. The van der Waals surface area contributed by atoms with Gasteiger partial charge in [0.1, 0.15) is 15.3 Å². The number of amides is 1. The maximum atomic E-state index is 12.6. The molecule has 8 nitrogen and oxygen atoms in total. The largest absolute Gasteiger partial charge is 0.462 e. The van der Waals surface area contributed by atoms with Crippen LogP contribution in [0.3, 0.4) is 0 Å². The zero-order chi connectivity index (χ0) is 20.7. The molecule has 1 amide bonds. The quantitative estimate of drug-likeness (QED) is 0.699. The van der Waals surface area contributed by atoms with E-state index in [1.165, 1.54) is 17.7 Å². The van der Waals surface area contributed by atoms with Crippen LogP contribution < -0.4 is 25.4 Å². The highest BCUT2D eigenvalue weighted by Crippen LogP contribution is 2.13. The lowest BCUT2D eigenvalue weighted by Crippen LogP contribution is -2.32. The van der Waals surface area contributed by atoms with E-state index in [1.807, 2.05) is 6.07 Å². The Morgan fingerprint density at radius 1 is 1.25 bits per heavy atom. The molecular weight excluding hydrogens is 380 g/mol. The zero-order valence-corrected chi connectivity index (χ0v) is 16.6. The number of thiazole rings is 1. The van der Waals surface area contributed by atoms with E-state index in [4.69, 9.17) is 4.74 Å². The summed E-state index contributed by atoms with van der Waals surface area (Å²) in [4.78, 5) is 35.7. The van der Waals surface area contributed by atoms with E-state index in [2.05, 4.69) is 10.6 Å². The third kappa shape index (κ3) is 4.86. The van der Waals surface area contributed by atoms with Crippen LogP contribution in [0.4, 0.5) is 11.4 Å². The van der Waals surface area contributed by atoms with Crippen molar-refractivity contribution in [2.45, 2.75) is 27.3 Å². The summed E-state index contributed by atoms with van der Waals surface area (Å²) in [7, 11) is 0. The Balaban J connectivity index is 2.43. The molecule has 0 bridgehead atoms. The Morgan fingerprint density at radius 3 is 2.43 bits per heavy atom. The van der Waals surface area contributed by atoms with Gasteiger partial charge in [0.2, 0.25) is 5.91 Å². The third-order valence-electron chi connectivity index (χ3n) is 3.60. The molecular formula is C19H20N4O4S. The van der Waals surface area contributed by atoms with Crippen LogP contribution in [-0.2, 0) is 20.9 Å². The minimum Gasteiger partial charge on any atom is -0.462 e. The fourth-order valence-electron chi connectivity index (χ4n) is 2.38. The van der Waals surface area contributed by atoms with E-state index in [0.29, 0.717) is 22.5 Å². The maximum Gasteiger partial charge on any atom is 0.351 e. The molecule has 0 unspecified atom stereocenters. The Kier molecular flexibility index (Phi) is 7.12. The highest BCUT2D eigenvalue weighted by atomic mass is 32.1. The summed E-state index contributed by atoms with van der Waals surface area (Å²) in [5, 5.41) is 15.0. The average Bonchev–Trinajstić information content (AvgIpc) is 2.97. The molecule has 0 atom stereocenters. The molecule has 0 aliphatic heterocycles. The number of anilines is 2. The SMILES string of the molecule is CCOC(=O)C(C#N)=c1sc(=CNc2ccc(NC(C)=O)cc2)c(=O)n1CC. The molecule has 0 spiro atoms. The normalized spacial score (nSPS) is 12.1. The molecule has 1 aromatic heterocycles. The standard InChI is InChI=1S/C19H20N4O4S/c1-4-23-17(25)16(28-18(23)15(10-20)19(26)27-5-2)11-21-13-6-8-14(9-7-13)22-12(3)24/h6-9,11,21H,4-5H2,1-3H3,(H,22,24). The molecule has 9 heteroatoms. The summed E-state index contributed by atoms with van der Waals surface area (Å²) in [5.41, 5.74) is 0.876. The van der Waals surface area contributed by atoms with Crippen LogP contribution >= 0.6 is 11.3 Å². The van der Waals surface area contributed by atoms with E-state index in [-0.39, 0.29) is 28.3 Å². The van der Waals surface area contributed by atoms with Crippen molar-refractivity contribution in [3.63, 3.8) is 0 Å². The van der Waals surface area contributed by atoms with Gasteiger partial charge in [-0.3, -0.25) is 14.2 Å². The summed E-state index contributed by atoms with van der Waals surface area (Å²) >= 11 is 1.04. The number of esters is 1. The van der Waals surface area contributed by atoms with Crippen molar-refractivity contribution >= 4 is 46.4 Å². The van der Waals surface area contributed by atoms with E-state index >= 15 is 0 Å². The number of benzene rings is 1. The van der Waals surface area contributed by atoms with Gasteiger partial charge in [-0.05, 0) is 38.1 Å². The molecule has 0 aliphatic carbocycles. The fourth-order valence-corrected chi connectivity index (χ4v) is 3.46. The maximum absolute atomic E-state index is 12.6. The Bertz CT molecular complexity index is 1090. The van der Waals surface area contributed by atoms with Crippen LogP contribution in [-0.4, -0.2) is 23.1 Å². The molecule has 2 aromatic rings. The van der Waals surface area contributed by atoms with Gasteiger partial charge in [-0.1, -0.05) is 0 Å². The lowest BCUT2D eigenvalue weighted by Gasteiger charge is -2.03. The van der Waals surface area contributed by atoms with Gasteiger partial charge in [0.15, 0.2) is 5.57 Å². The topological polar surface area (TPSA) is 113 Å². The number of ether oxygens (including phenoxy) is 1. The number of nitriles is 1. The molecule has 146 valence electrons. The van der Waals surface area contributed by atoms with Gasteiger partial charge in [-0.2, -0.15) is 5.26 Å². The van der Waals surface area contributed by atoms with Crippen molar-refractivity contribution in [3.05, 3.63) is 43.8 Å². The van der Waals surface area contributed by atoms with Crippen molar-refractivity contribution in [2.24, 2.45) is 0 Å². The molecule has 1 aromatic carbocycles. The minimum atomic E-state index is -0.749. The zero-order valence-electron chi connectivity index (χ0n) is 15.7. The minimum absolute atomic E-state index is 0.140. The number of hydrogen-bond acceptors (Lipinski definition) is 7. The molecule has 28 heavy (non-hydrogen) atoms. The predicted octanol–water partition coefficient (Wildman–Crippen LogP) is 0.976. The van der Waals surface area contributed by atoms with Gasteiger partial charge in [0.25, 0.3) is 5.56 Å². The second-order valence-corrected chi connectivity index (χ2v) is 6.61. The highest BCUT2D eigenvalue weighted by Gasteiger charge is 2.16. The van der Waals surface area contributed by atoms with E-state index in [0.717, 1.165) is 11.3 Å². The fraction of sp³-hybridized carbons (Fsp3) is 0.263. The van der Waals surface area contributed by atoms with E-state index < -0.39 is 5.97 Å². The van der Waals surface area contributed by atoms with Crippen molar-refractivity contribution in [1.82, 2.24) is 4.57 Å². The first kappa shape index (κ1) is 20.9. The van der Waals surface area contributed by atoms with Crippen LogP contribution in [0.2, 0.25) is 0 Å². The smallest absolute Gasteiger partial charge is 0.351 e. The summed E-state index contributed by atoms with van der Waals surface area (Å²) in [6.45, 7) is 5.29. The van der Waals surface area contributed by atoms with Crippen molar-refractivity contribution in [2.75, 3.05) is 17.2 Å². The number of aromatic nitrogens is 1. The van der Waals surface area contributed by atoms with Gasteiger partial charge in [0, 0.05) is 31.0 Å². The van der Waals surface area contributed by atoms with E-state index in [1.54, 1.807) is 38.1 Å². The van der Waals surface area contributed by atoms with Crippen LogP contribution in [0.5, 0.6) is 0 Å².